The summed E-state index contributed by atoms with van der Waals surface area (Å²) in [5.41, 5.74) is 0.714. The third kappa shape index (κ3) is 5.09. The molecule has 0 spiro atoms. The molecule has 0 atom stereocenters. The van der Waals surface area contributed by atoms with Crippen molar-refractivity contribution >= 4 is 21.6 Å². The van der Waals surface area contributed by atoms with Crippen LogP contribution in [0.4, 0.5) is 5.82 Å². The van der Waals surface area contributed by atoms with E-state index in [1.807, 2.05) is 13.8 Å². The van der Waals surface area contributed by atoms with Crippen LogP contribution in [0.15, 0.2) is 59.6 Å². The van der Waals surface area contributed by atoms with Gasteiger partial charge in [0.25, 0.3) is 5.91 Å². The van der Waals surface area contributed by atoms with E-state index in [0.29, 0.717) is 40.8 Å². The van der Waals surface area contributed by atoms with Crippen LogP contribution >= 0.6 is 0 Å². The first kappa shape index (κ1) is 22.6. The van der Waals surface area contributed by atoms with Crippen molar-refractivity contribution in [3.8, 4) is 23.0 Å². The molecule has 0 radical (unpaired) electrons. The molecule has 2 aromatic carbocycles. The molecule has 0 unspecified atom stereocenters. The molecule has 1 aliphatic rings. The molecule has 8 nitrogen and oxygen atoms in total. The Morgan fingerprint density at radius 1 is 1.09 bits per heavy atom. The van der Waals surface area contributed by atoms with E-state index >= 15 is 0 Å². The van der Waals surface area contributed by atoms with E-state index < -0.39 is 15.4 Å². The Morgan fingerprint density at radius 2 is 1.82 bits per heavy atom. The van der Waals surface area contributed by atoms with Crippen LogP contribution in [-0.2, 0) is 16.3 Å². The van der Waals surface area contributed by atoms with Gasteiger partial charge in [-0.2, -0.15) is 0 Å². The second-order valence-corrected chi connectivity index (χ2v) is 10.4. The number of pyridine rings is 1. The van der Waals surface area contributed by atoms with E-state index in [-0.39, 0.29) is 10.8 Å². The maximum absolute atomic E-state index is 13.0. The first-order valence-corrected chi connectivity index (χ1v) is 12.1. The van der Waals surface area contributed by atoms with Crippen LogP contribution in [0.2, 0.25) is 0 Å². The fourth-order valence-corrected chi connectivity index (χ4v) is 4.17. The van der Waals surface area contributed by atoms with Gasteiger partial charge >= 0.3 is 0 Å². The Balaban J connectivity index is 1.66. The van der Waals surface area contributed by atoms with Gasteiger partial charge in [0.1, 0.15) is 34.4 Å². The van der Waals surface area contributed by atoms with Gasteiger partial charge in [0.15, 0.2) is 9.84 Å². The molecule has 1 aromatic heterocycles. The number of amides is 1. The lowest BCUT2D eigenvalue weighted by Gasteiger charge is -2.16. The highest BCUT2D eigenvalue weighted by Gasteiger charge is 2.34. The molecule has 9 heteroatoms. The minimum Gasteiger partial charge on any atom is -0.497 e. The lowest BCUT2D eigenvalue weighted by atomic mass is 9.99. The molecule has 3 aromatic rings. The maximum atomic E-state index is 13.0. The standard InChI is InChI=1S/C24H24N2O6S/c1-24(2)14-19-20(31-16-5-7-18(8-6-16)33(4,28)29)11-15(12-21(19)32-24)23(27)26-22-13-17(30-3)9-10-25-22/h5-13H,14H2,1-4H3,(H,25,26,27). The number of carbonyl (C=O) groups excluding carboxylic acids is 1. The predicted octanol–water partition coefficient (Wildman–Crippen LogP) is 4.25. The number of anilines is 1. The number of benzene rings is 2. The van der Waals surface area contributed by atoms with Crippen LogP contribution in [0.25, 0.3) is 0 Å². The van der Waals surface area contributed by atoms with Crippen molar-refractivity contribution in [3.05, 3.63) is 65.9 Å². The van der Waals surface area contributed by atoms with Gasteiger partial charge in [-0.3, -0.25) is 4.79 Å². The first-order valence-electron chi connectivity index (χ1n) is 10.2. The molecular weight excluding hydrogens is 444 g/mol. The monoisotopic (exact) mass is 468 g/mol. The Morgan fingerprint density at radius 3 is 2.48 bits per heavy atom. The van der Waals surface area contributed by atoms with Gasteiger partial charge in [-0.1, -0.05) is 0 Å². The molecule has 0 fully saturated rings. The number of hydrogen-bond acceptors (Lipinski definition) is 7. The van der Waals surface area contributed by atoms with E-state index in [9.17, 15) is 13.2 Å². The summed E-state index contributed by atoms with van der Waals surface area (Å²) in [5.74, 6) is 2.01. The van der Waals surface area contributed by atoms with E-state index in [1.165, 1.54) is 25.4 Å². The lowest BCUT2D eigenvalue weighted by Crippen LogP contribution is -2.24. The quantitative estimate of drug-likeness (QED) is 0.577. The number of rotatable bonds is 6. The average molecular weight is 469 g/mol. The molecule has 0 saturated heterocycles. The molecule has 0 saturated carbocycles. The number of nitrogens with zero attached hydrogens (tertiary/aromatic N) is 1. The Bertz CT molecular complexity index is 1320. The van der Waals surface area contributed by atoms with Crippen molar-refractivity contribution in [1.29, 1.82) is 0 Å². The fourth-order valence-electron chi connectivity index (χ4n) is 3.54. The number of ether oxygens (including phenoxy) is 3. The van der Waals surface area contributed by atoms with E-state index in [2.05, 4.69) is 10.3 Å². The number of fused-ring (bicyclic) bond motifs is 1. The third-order valence-electron chi connectivity index (χ3n) is 5.11. The molecule has 1 aliphatic heterocycles. The summed E-state index contributed by atoms with van der Waals surface area (Å²) in [7, 11) is -1.78. The maximum Gasteiger partial charge on any atom is 0.257 e. The van der Waals surface area contributed by atoms with Crippen molar-refractivity contribution in [1.82, 2.24) is 4.98 Å². The molecule has 172 valence electrons. The SMILES string of the molecule is COc1ccnc(NC(=O)c2cc(Oc3ccc(S(C)(=O)=O)cc3)c3c(c2)OC(C)(C)C3)c1. The fraction of sp³-hybridized carbons (Fsp3) is 0.250. The number of aromatic nitrogens is 1. The van der Waals surface area contributed by atoms with E-state index in [4.69, 9.17) is 14.2 Å². The summed E-state index contributed by atoms with van der Waals surface area (Å²) in [6.45, 7) is 3.91. The highest BCUT2D eigenvalue weighted by molar-refractivity contribution is 7.90. The highest BCUT2D eigenvalue weighted by atomic mass is 32.2. The van der Waals surface area contributed by atoms with Crippen molar-refractivity contribution in [2.45, 2.75) is 30.8 Å². The molecule has 0 aliphatic carbocycles. The second kappa shape index (κ2) is 8.40. The topological polar surface area (TPSA) is 104 Å². The Hall–Kier alpha value is -3.59. The van der Waals surface area contributed by atoms with E-state index in [1.54, 1.807) is 36.4 Å². The lowest BCUT2D eigenvalue weighted by molar-refractivity contribution is 0.102. The zero-order valence-electron chi connectivity index (χ0n) is 18.7. The van der Waals surface area contributed by atoms with Crippen LogP contribution in [0.1, 0.15) is 29.8 Å². The third-order valence-corrected chi connectivity index (χ3v) is 6.24. The van der Waals surface area contributed by atoms with Gasteiger partial charge in [0.2, 0.25) is 0 Å². The van der Waals surface area contributed by atoms with Crippen LogP contribution in [-0.4, -0.2) is 38.3 Å². The van der Waals surface area contributed by atoms with Crippen LogP contribution in [0.5, 0.6) is 23.0 Å². The largest absolute Gasteiger partial charge is 0.497 e. The van der Waals surface area contributed by atoms with Gasteiger partial charge in [0, 0.05) is 36.1 Å². The Kier molecular flexibility index (Phi) is 5.75. The van der Waals surface area contributed by atoms with Gasteiger partial charge in [-0.25, -0.2) is 13.4 Å². The molecular formula is C24H24N2O6S. The minimum absolute atomic E-state index is 0.198. The minimum atomic E-state index is -3.31. The zero-order valence-corrected chi connectivity index (χ0v) is 19.5. The molecule has 0 bridgehead atoms. The molecule has 2 heterocycles. The second-order valence-electron chi connectivity index (χ2n) is 8.37. The number of hydrogen-bond donors (Lipinski definition) is 1. The highest BCUT2D eigenvalue weighted by Crippen LogP contribution is 2.43. The summed E-state index contributed by atoms with van der Waals surface area (Å²) in [4.78, 5) is 17.3. The number of nitrogens with one attached hydrogen (secondary N) is 1. The van der Waals surface area contributed by atoms with Crippen LogP contribution in [0.3, 0.4) is 0 Å². The summed E-state index contributed by atoms with van der Waals surface area (Å²) >= 11 is 0. The Labute approximate surface area is 192 Å². The summed E-state index contributed by atoms with van der Waals surface area (Å²) in [5, 5.41) is 2.75. The van der Waals surface area contributed by atoms with Gasteiger partial charge in [-0.05, 0) is 56.3 Å². The molecule has 1 N–H and O–H groups in total. The average Bonchev–Trinajstić information content (AvgIpc) is 3.07. The van der Waals surface area contributed by atoms with E-state index in [0.717, 1.165) is 11.8 Å². The van der Waals surface area contributed by atoms with Crippen molar-refractivity contribution in [2.24, 2.45) is 0 Å². The smallest absolute Gasteiger partial charge is 0.257 e. The normalized spacial score (nSPS) is 14.2. The first-order chi connectivity index (χ1) is 15.5. The number of sulfone groups is 1. The van der Waals surface area contributed by atoms with Gasteiger partial charge in [-0.15, -0.1) is 0 Å². The summed E-state index contributed by atoms with van der Waals surface area (Å²) in [6, 6.07) is 12.7. The van der Waals surface area contributed by atoms with Crippen molar-refractivity contribution < 1.29 is 27.4 Å². The summed E-state index contributed by atoms with van der Waals surface area (Å²) in [6.07, 6.45) is 3.28. The molecule has 4 rings (SSSR count). The van der Waals surface area contributed by atoms with Crippen molar-refractivity contribution in [3.63, 3.8) is 0 Å². The van der Waals surface area contributed by atoms with Crippen molar-refractivity contribution in [2.75, 3.05) is 18.7 Å². The van der Waals surface area contributed by atoms with Gasteiger partial charge in [0.05, 0.1) is 12.0 Å². The molecule has 1 amide bonds. The van der Waals surface area contributed by atoms with Crippen LogP contribution < -0.4 is 19.5 Å². The summed E-state index contributed by atoms with van der Waals surface area (Å²) < 4.78 is 40.7. The predicted molar refractivity (Wildman–Crippen MR) is 123 cm³/mol. The zero-order chi connectivity index (χ0) is 23.8. The number of carbonyl (C=O) groups is 1. The number of methoxy groups -OCH3 is 1. The van der Waals surface area contributed by atoms with Gasteiger partial charge < -0.3 is 19.5 Å². The molecule has 33 heavy (non-hydrogen) atoms. The van der Waals surface area contributed by atoms with Crippen LogP contribution in [0, 0.1) is 0 Å².